The van der Waals surface area contributed by atoms with Crippen LogP contribution >= 0.6 is 0 Å². The van der Waals surface area contributed by atoms with Crippen LogP contribution in [0.2, 0.25) is 0 Å². The molecule has 2 saturated heterocycles. The molecule has 0 spiro atoms. The van der Waals surface area contributed by atoms with Gasteiger partial charge in [-0.05, 0) is 25.7 Å². The Hall–Kier alpha value is -0.690. The largest absolute Gasteiger partial charge is 0.454 e. The highest BCUT2D eigenvalue weighted by Crippen LogP contribution is 2.38. The minimum atomic E-state index is -1.20. The van der Waals surface area contributed by atoms with Gasteiger partial charge in [0.25, 0.3) is 0 Å². The summed E-state index contributed by atoms with van der Waals surface area (Å²) in [7, 11) is 0. The molecule has 6 nitrogen and oxygen atoms in total. The molecule has 10 atom stereocenters. The molecule has 2 rings (SSSR count). The van der Waals surface area contributed by atoms with Crippen molar-refractivity contribution in [2.24, 2.45) is 23.7 Å². The van der Waals surface area contributed by atoms with Gasteiger partial charge in [-0.1, -0.05) is 27.7 Å². The second-order valence-electron chi connectivity index (χ2n) is 7.55. The number of hydrogen-bond acceptors (Lipinski definition) is 6. The van der Waals surface area contributed by atoms with Gasteiger partial charge in [0.2, 0.25) is 0 Å². The minimum Gasteiger partial charge on any atom is -0.454 e. The molecule has 0 amide bonds. The van der Waals surface area contributed by atoms with Gasteiger partial charge in [-0.3, -0.25) is 4.79 Å². The summed E-state index contributed by atoms with van der Waals surface area (Å²) in [5, 5.41) is 10.2. The number of carbonyl (C=O) groups excluding carboxylic acids is 1. The molecule has 0 radical (unpaired) electrons. The van der Waals surface area contributed by atoms with Crippen LogP contribution in [0.1, 0.15) is 48.5 Å². The van der Waals surface area contributed by atoms with E-state index in [2.05, 4.69) is 27.7 Å². The first kappa shape index (κ1) is 19.6. The summed E-state index contributed by atoms with van der Waals surface area (Å²) in [6.07, 6.45) is -3.04. The van der Waals surface area contributed by atoms with E-state index in [4.69, 9.17) is 18.9 Å². The average Bonchev–Trinajstić information content (AvgIpc) is 2.50. The molecule has 1 N–H and O–H groups in total. The monoisotopic (exact) mass is 344 g/mol. The van der Waals surface area contributed by atoms with Gasteiger partial charge >= 0.3 is 5.97 Å². The molecule has 0 aromatic carbocycles. The number of rotatable bonds is 3. The highest BCUT2D eigenvalue weighted by Gasteiger charge is 2.48. The van der Waals surface area contributed by atoms with E-state index >= 15 is 0 Å². The standard InChI is InChI=1S/C18H32O6/c1-8-9(2)12(5)22-18(10(8)3)24-15-11(4)13(6)21-17(20)16(15)23-14(7)19/h8-13,15-18,20H,1-7H3/t8-,9+,10?,11-,12?,13?,15-,16?,17+,18-/m0/s1. The molecule has 2 heterocycles. The Labute approximate surface area is 144 Å². The maximum Gasteiger partial charge on any atom is 0.303 e. The molecule has 6 heteroatoms. The second kappa shape index (κ2) is 7.68. The van der Waals surface area contributed by atoms with Crippen LogP contribution in [-0.2, 0) is 23.7 Å². The molecular formula is C18H32O6. The highest BCUT2D eigenvalue weighted by atomic mass is 16.7. The van der Waals surface area contributed by atoms with Crippen molar-refractivity contribution < 1.29 is 28.8 Å². The molecule has 2 fully saturated rings. The zero-order chi connectivity index (χ0) is 18.2. The Morgan fingerprint density at radius 3 is 2.00 bits per heavy atom. The first-order valence-corrected chi connectivity index (χ1v) is 8.95. The lowest BCUT2D eigenvalue weighted by molar-refractivity contribution is -0.325. The van der Waals surface area contributed by atoms with Crippen LogP contribution in [0.3, 0.4) is 0 Å². The summed E-state index contributed by atoms with van der Waals surface area (Å²) in [6.45, 7) is 13.7. The molecule has 0 aromatic rings. The number of ether oxygens (including phenoxy) is 4. The summed E-state index contributed by atoms with van der Waals surface area (Å²) < 4.78 is 23.1. The SMILES string of the molecule is CC(=O)OC1[C@H](O)OC(C)[C@H](C)[C@@H]1O[C@@H]1OC(C)[C@H](C)[C@H](C)C1C. The van der Waals surface area contributed by atoms with Gasteiger partial charge in [0, 0.05) is 18.8 Å². The lowest BCUT2D eigenvalue weighted by atomic mass is 9.79. The number of hydrogen-bond donors (Lipinski definition) is 1. The van der Waals surface area contributed by atoms with Crippen molar-refractivity contribution in [3.05, 3.63) is 0 Å². The Morgan fingerprint density at radius 1 is 0.833 bits per heavy atom. The van der Waals surface area contributed by atoms with Crippen LogP contribution in [0.5, 0.6) is 0 Å². The smallest absolute Gasteiger partial charge is 0.303 e. The van der Waals surface area contributed by atoms with Crippen LogP contribution in [0.25, 0.3) is 0 Å². The van der Waals surface area contributed by atoms with Crippen molar-refractivity contribution in [1.82, 2.24) is 0 Å². The van der Waals surface area contributed by atoms with Crippen molar-refractivity contribution >= 4 is 5.97 Å². The fourth-order valence-electron chi connectivity index (χ4n) is 3.59. The molecule has 0 saturated carbocycles. The molecule has 0 aliphatic carbocycles. The van der Waals surface area contributed by atoms with Gasteiger partial charge in [0.15, 0.2) is 18.7 Å². The molecule has 2 aliphatic rings. The van der Waals surface area contributed by atoms with Crippen molar-refractivity contribution in [3.8, 4) is 0 Å². The minimum absolute atomic E-state index is 0.0430. The third-order valence-corrected chi connectivity index (χ3v) is 5.99. The van der Waals surface area contributed by atoms with E-state index < -0.39 is 30.8 Å². The van der Waals surface area contributed by atoms with Gasteiger partial charge in [-0.2, -0.15) is 0 Å². The Kier molecular flexibility index (Phi) is 6.29. The van der Waals surface area contributed by atoms with Gasteiger partial charge in [0.1, 0.15) is 6.10 Å². The van der Waals surface area contributed by atoms with E-state index in [-0.39, 0.29) is 24.0 Å². The molecule has 0 aromatic heterocycles. The van der Waals surface area contributed by atoms with Crippen molar-refractivity contribution in [2.75, 3.05) is 0 Å². The highest BCUT2D eigenvalue weighted by molar-refractivity contribution is 5.66. The summed E-state index contributed by atoms with van der Waals surface area (Å²) in [6, 6.07) is 0. The molecular weight excluding hydrogens is 312 g/mol. The van der Waals surface area contributed by atoms with E-state index in [1.807, 2.05) is 13.8 Å². The third-order valence-electron chi connectivity index (χ3n) is 5.99. The van der Waals surface area contributed by atoms with Crippen LogP contribution in [0, 0.1) is 23.7 Å². The maximum atomic E-state index is 11.4. The van der Waals surface area contributed by atoms with E-state index in [9.17, 15) is 9.90 Å². The average molecular weight is 344 g/mol. The lowest BCUT2D eigenvalue weighted by Gasteiger charge is -2.47. The Balaban J connectivity index is 2.17. The molecule has 140 valence electrons. The third kappa shape index (κ3) is 3.93. The summed E-state index contributed by atoms with van der Waals surface area (Å²) >= 11 is 0. The Morgan fingerprint density at radius 2 is 1.42 bits per heavy atom. The normalized spacial score (nSPS) is 49.7. The quantitative estimate of drug-likeness (QED) is 0.792. The van der Waals surface area contributed by atoms with E-state index in [1.54, 1.807) is 0 Å². The topological polar surface area (TPSA) is 74.2 Å². The summed E-state index contributed by atoms with van der Waals surface area (Å²) in [5.74, 6) is 0.588. The fraction of sp³-hybridized carbons (Fsp3) is 0.944. The van der Waals surface area contributed by atoms with Crippen LogP contribution in [0.15, 0.2) is 0 Å². The number of esters is 1. The van der Waals surface area contributed by atoms with E-state index in [1.165, 1.54) is 6.92 Å². The van der Waals surface area contributed by atoms with Crippen LogP contribution in [-0.4, -0.2) is 48.1 Å². The number of aliphatic hydroxyl groups is 1. The molecule has 2 aliphatic heterocycles. The molecule has 0 bridgehead atoms. The second-order valence-corrected chi connectivity index (χ2v) is 7.55. The molecule has 4 unspecified atom stereocenters. The number of aliphatic hydroxyl groups excluding tert-OH is 1. The van der Waals surface area contributed by atoms with E-state index in [0.717, 1.165) is 0 Å². The van der Waals surface area contributed by atoms with Crippen LogP contribution in [0.4, 0.5) is 0 Å². The summed E-state index contributed by atoms with van der Waals surface area (Å²) in [4.78, 5) is 11.4. The first-order valence-electron chi connectivity index (χ1n) is 8.95. The predicted octanol–water partition coefficient (Wildman–Crippen LogP) is 2.33. The van der Waals surface area contributed by atoms with Crippen molar-refractivity contribution in [1.29, 1.82) is 0 Å². The zero-order valence-electron chi connectivity index (χ0n) is 15.8. The lowest BCUT2D eigenvalue weighted by Crippen LogP contribution is -2.58. The van der Waals surface area contributed by atoms with E-state index in [0.29, 0.717) is 11.8 Å². The van der Waals surface area contributed by atoms with Gasteiger partial charge < -0.3 is 24.1 Å². The zero-order valence-corrected chi connectivity index (χ0v) is 15.8. The Bertz CT molecular complexity index is 441. The predicted molar refractivity (Wildman–Crippen MR) is 88.0 cm³/mol. The van der Waals surface area contributed by atoms with Gasteiger partial charge in [-0.25, -0.2) is 0 Å². The first-order chi connectivity index (χ1) is 11.1. The fourth-order valence-corrected chi connectivity index (χ4v) is 3.59. The van der Waals surface area contributed by atoms with Gasteiger partial charge in [0.05, 0.1) is 12.2 Å². The summed E-state index contributed by atoms with van der Waals surface area (Å²) in [5.41, 5.74) is 0. The van der Waals surface area contributed by atoms with Crippen molar-refractivity contribution in [2.45, 2.75) is 85.5 Å². The molecule has 24 heavy (non-hydrogen) atoms. The van der Waals surface area contributed by atoms with Crippen LogP contribution < -0.4 is 0 Å². The number of carbonyl (C=O) groups is 1. The maximum absolute atomic E-state index is 11.4. The van der Waals surface area contributed by atoms with Gasteiger partial charge in [-0.15, -0.1) is 0 Å². The van der Waals surface area contributed by atoms with Crippen molar-refractivity contribution in [3.63, 3.8) is 0 Å².